The predicted molar refractivity (Wildman–Crippen MR) is 115 cm³/mol. The van der Waals surface area contributed by atoms with Crippen LogP contribution in [0.15, 0.2) is 33.0 Å². The smallest absolute Gasteiger partial charge is 0.194 e. The van der Waals surface area contributed by atoms with Crippen molar-refractivity contribution in [3.63, 3.8) is 0 Å². The van der Waals surface area contributed by atoms with Crippen molar-refractivity contribution in [3.05, 3.63) is 51.4 Å². The molecule has 0 amide bonds. The Morgan fingerprint density at radius 2 is 2.24 bits per heavy atom. The molecule has 29 heavy (non-hydrogen) atoms. The number of guanidine groups is 1. The molecule has 0 aliphatic rings. The number of nitrogens with zero attached hydrogens (tertiary/aromatic N) is 3. The zero-order chi connectivity index (χ0) is 21.0. The van der Waals surface area contributed by atoms with Crippen molar-refractivity contribution >= 4 is 28.3 Å². The fourth-order valence-corrected chi connectivity index (χ4v) is 3.85. The monoisotopic (exact) mass is 418 g/mol. The molecule has 0 fully saturated rings. The minimum absolute atomic E-state index is 0.0122. The molecule has 6 nitrogen and oxygen atoms in total. The second-order valence-corrected chi connectivity index (χ2v) is 7.76. The van der Waals surface area contributed by atoms with Crippen molar-refractivity contribution < 1.29 is 13.5 Å². The highest BCUT2D eigenvalue weighted by Crippen LogP contribution is 2.26. The van der Waals surface area contributed by atoms with Gasteiger partial charge in [-0.2, -0.15) is 0 Å². The van der Waals surface area contributed by atoms with Gasteiger partial charge in [-0.3, -0.25) is 0 Å². The first-order chi connectivity index (χ1) is 13.9. The Balaban J connectivity index is 1.75. The lowest BCUT2D eigenvalue weighted by molar-refractivity contribution is 0.119. The first-order valence-corrected chi connectivity index (χ1v) is 10.4. The summed E-state index contributed by atoms with van der Waals surface area (Å²) >= 11 is 1.60. The number of rotatable bonds is 7. The highest BCUT2D eigenvalue weighted by atomic mass is 32.1. The Hall–Kier alpha value is -2.45. The number of methoxy groups -OCH3 is 1. The average Bonchev–Trinajstić information content (AvgIpc) is 3.29. The van der Waals surface area contributed by atoms with Crippen LogP contribution in [0.3, 0.4) is 0 Å². The van der Waals surface area contributed by atoms with Crippen LogP contribution in [-0.4, -0.2) is 36.5 Å². The van der Waals surface area contributed by atoms with Crippen LogP contribution in [0.1, 0.15) is 42.0 Å². The molecule has 8 heteroatoms. The van der Waals surface area contributed by atoms with Crippen LogP contribution in [0.5, 0.6) is 0 Å². The van der Waals surface area contributed by atoms with E-state index >= 15 is 0 Å². The van der Waals surface area contributed by atoms with Crippen LogP contribution in [-0.2, 0) is 17.8 Å². The van der Waals surface area contributed by atoms with Gasteiger partial charge in [-0.1, -0.05) is 0 Å². The summed E-state index contributed by atoms with van der Waals surface area (Å²) in [6, 6.07) is 4.56. The highest BCUT2D eigenvalue weighted by molar-refractivity contribution is 7.09. The van der Waals surface area contributed by atoms with Crippen molar-refractivity contribution in [2.24, 2.45) is 4.99 Å². The third-order valence-electron chi connectivity index (χ3n) is 4.74. The molecule has 0 bridgehead atoms. The summed E-state index contributed by atoms with van der Waals surface area (Å²) in [5, 5.41) is 7.09. The molecule has 1 unspecified atom stereocenters. The fraction of sp³-hybridized carbons (Fsp3) is 0.429. The number of hydrogen-bond donors (Lipinski definition) is 1. The van der Waals surface area contributed by atoms with Gasteiger partial charge >= 0.3 is 0 Å². The molecule has 156 valence electrons. The van der Waals surface area contributed by atoms with Crippen molar-refractivity contribution in [1.82, 2.24) is 15.2 Å². The number of thiazole rings is 1. The van der Waals surface area contributed by atoms with Gasteiger partial charge < -0.3 is 19.4 Å². The molecule has 2 heterocycles. The maximum absolute atomic E-state index is 13.5. The molecule has 1 N–H and O–H groups in total. The summed E-state index contributed by atoms with van der Waals surface area (Å²) in [7, 11) is 3.66. The van der Waals surface area contributed by atoms with Gasteiger partial charge in [0.25, 0.3) is 0 Å². The van der Waals surface area contributed by atoms with E-state index < -0.39 is 0 Å². The lowest BCUT2D eigenvalue weighted by Crippen LogP contribution is -2.38. The molecule has 2 aromatic heterocycles. The van der Waals surface area contributed by atoms with Crippen LogP contribution in [0, 0.1) is 12.7 Å². The first kappa shape index (κ1) is 21.3. The standard InChI is InChI=1S/C21H27FN4O2S/c1-6-23-21(26(4)11-16-12-29-20(25-16)14(3)27-5)24-10-19-13(2)17-9-15(22)7-8-18(17)28-19/h7-9,12,14H,6,10-11H2,1-5H3,(H,23,24). The lowest BCUT2D eigenvalue weighted by atomic mass is 10.1. The fourth-order valence-electron chi connectivity index (χ4n) is 3.01. The maximum Gasteiger partial charge on any atom is 0.194 e. The van der Waals surface area contributed by atoms with Gasteiger partial charge in [0.15, 0.2) is 5.96 Å². The van der Waals surface area contributed by atoms with E-state index in [-0.39, 0.29) is 11.9 Å². The molecule has 0 saturated carbocycles. The molecule has 0 saturated heterocycles. The molecule has 0 radical (unpaired) electrons. The number of ether oxygens (including phenoxy) is 1. The number of benzene rings is 1. The molecule has 0 aliphatic carbocycles. The van der Waals surface area contributed by atoms with Gasteiger partial charge in [0.2, 0.25) is 0 Å². The Kier molecular flexibility index (Phi) is 6.87. The van der Waals surface area contributed by atoms with E-state index in [0.717, 1.165) is 39.9 Å². The minimum atomic E-state index is -0.269. The second kappa shape index (κ2) is 9.37. The van der Waals surface area contributed by atoms with Crippen molar-refractivity contribution in [1.29, 1.82) is 0 Å². The van der Waals surface area contributed by atoms with Crippen LogP contribution in [0.2, 0.25) is 0 Å². The number of hydrogen-bond acceptors (Lipinski definition) is 5. The minimum Gasteiger partial charge on any atom is -0.459 e. The molecule has 0 spiro atoms. The number of furan rings is 1. The second-order valence-electron chi connectivity index (χ2n) is 6.87. The zero-order valence-corrected chi connectivity index (χ0v) is 18.3. The molecule has 3 aromatic rings. The molecule has 3 rings (SSSR count). The Morgan fingerprint density at radius 1 is 1.45 bits per heavy atom. The average molecular weight is 419 g/mol. The predicted octanol–water partition coefficient (Wildman–Crippen LogP) is 4.64. The summed E-state index contributed by atoms with van der Waals surface area (Å²) in [5.74, 6) is 1.22. The molecule has 1 atom stereocenters. The largest absolute Gasteiger partial charge is 0.459 e. The van der Waals surface area contributed by atoms with E-state index in [2.05, 4.69) is 10.3 Å². The third-order valence-corrected chi connectivity index (χ3v) is 5.79. The topological polar surface area (TPSA) is 62.9 Å². The summed E-state index contributed by atoms with van der Waals surface area (Å²) in [6.45, 7) is 7.69. The summed E-state index contributed by atoms with van der Waals surface area (Å²) in [4.78, 5) is 11.4. The lowest BCUT2D eigenvalue weighted by Gasteiger charge is -2.21. The Bertz CT molecular complexity index is 998. The SMILES string of the molecule is CCNC(=NCc1oc2ccc(F)cc2c1C)N(C)Cc1csc(C(C)OC)n1. The molecular formula is C21H27FN4O2S. The van der Waals surface area contributed by atoms with E-state index in [1.165, 1.54) is 12.1 Å². The van der Waals surface area contributed by atoms with Gasteiger partial charge in [-0.25, -0.2) is 14.4 Å². The van der Waals surface area contributed by atoms with Gasteiger partial charge in [-0.15, -0.1) is 11.3 Å². The summed E-state index contributed by atoms with van der Waals surface area (Å²) < 4.78 is 24.7. The number of aryl methyl sites for hydroxylation is 1. The zero-order valence-electron chi connectivity index (χ0n) is 17.5. The van der Waals surface area contributed by atoms with E-state index in [1.54, 1.807) is 24.5 Å². The molecular weight excluding hydrogens is 391 g/mol. The van der Waals surface area contributed by atoms with E-state index in [0.29, 0.717) is 18.7 Å². The molecule has 0 aliphatic heterocycles. The number of fused-ring (bicyclic) bond motifs is 1. The Labute approximate surface area is 174 Å². The quantitative estimate of drug-likeness (QED) is 0.447. The summed E-state index contributed by atoms with van der Waals surface area (Å²) in [5.41, 5.74) is 2.56. The summed E-state index contributed by atoms with van der Waals surface area (Å²) in [6.07, 6.45) is -0.0122. The Morgan fingerprint density at radius 3 is 2.97 bits per heavy atom. The van der Waals surface area contributed by atoms with Crippen molar-refractivity contribution in [2.75, 3.05) is 20.7 Å². The first-order valence-electron chi connectivity index (χ1n) is 9.57. The third kappa shape index (κ3) is 4.94. The van der Waals surface area contributed by atoms with Gasteiger partial charge in [-0.05, 0) is 39.0 Å². The van der Waals surface area contributed by atoms with Gasteiger partial charge in [0.1, 0.15) is 34.8 Å². The number of aliphatic imine (C=N–C) groups is 1. The number of nitrogens with one attached hydrogen (secondary N) is 1. The van der Waals surface area contributed by atoms with Crippen LogP contribution in [0.4, 0.5) is 4.39 Å². The van der Waals surface area contributed by atoms with Crippen molar-refractivity contribution in [3.8, 4) is 0 Å². The van der Waals surface area contributed by atoms with E-state index in [9.17, 15) is 4.39 Å². The molecule has 1 aromatic carbocycles. The van der Waals surface area contributed by atoms with E-state index in [1.807, 2.05) is 38.1 Å². The number of aromatic nitrogens is 1. The van der Waals surface area contributed by atoms with Crippen LogP contribution < -0.4 is 5.32 Å². The maximum atomic E-state index is 13.5. The van der Waals surface area contributed by atoms with Crippen molar-refractivity contribution in [2.45, 2.75) is 40.0 Å². The normalized spacial score (nSPS) is 13.1. The number of halogens is 1. The highest BCUT2D eigenvalue weighted by Gasteiger charge is 2.14. The van der Waals surface area contributed by atoms with Gasteiger partial charge in [0, 0.05) is 37.0 Å². The van der Waals surface area contributed by atoms with Crippen LogP contribution >= 0.6 is 11.3 Å². The van der Waals surface area contributed by atoms with E-state index in [4.69, 9.17) is 14.1 Å². The van der Waals surface area contributed by atoms with Crippen LogP contribution in [0.25, 0.3) is 11.0 Å². The van der Waals surface area contributed by atoms with Gasteiger partial charge in [0.05, 0.1) is 12.2 Å².